The summed E-state index contributed by atoms with van der Waals surface area (Å²) in [4.78, 5) is 15.9. The molecule has 2 aromatic rings. The summed E-state index contributed by atoms with van der Waals surface area (Å²) >= 11 is 0.352. The number of pyridine rings is 1. The van der Waals surface area contributed by atoms with E-state index in [1.807, 2.05) is 0 Å². The quantitative estimate of drug-likeness (QED) is 0.849. The molecule has 1 amide bonds. The van der Waals surface area contributed by atoms with Crippen molar-refractivity contribution in [3.63, 3.8) is 0 Å². The molecule has 0 radical (unpaired) electrons. The lowest BCUT2D eigenvalue weighted by molar-refractivity contribution is 0.102. The summed E-state index contributed by atoms with van der Waals surface area (Å²) in [5, 5.41) is 11.8. The fraction of sp³-hybridized carbons (Fsp3) is 0.0769. The number of rotatable bonds is 4. The number of anilines is 1. The van der Waals surface area contributed by atoms with Crippen LogP contribution >= 0.6 is 11.8 Å². The van der Waals surface area contributed by atoms with Gasteiger partial charge in [-0.05, 0) is 18.2 Å². The number of para-hydroxylation sites is 1. The Balaban J connectivity index is 2.19. The Labute approximate surface area is 117 Å². The van der Waals surface area contributed by atoms with E-state index < -0.39 is 11.7 Å². The van der Waals surface area contributed by atoms with Gasteiger partial charge < -0.3 is 10.4 Å². The molecule has 0 aliphatic heterocycles. The molecular formula is C13H10F2N2O2S. The maximum absolute atomic E-state index is 12.4. The van der Waals surface area contributed by atoms with E-state index in [-0.39, 0.29) is 21.9 Å². The molecule has 2 rings (SSSR count). The van der Waals surface area contributed by atoms with Gasteiger partial charge in [0.25, 0.3) is 11.7 Å². The molecule has 0 atom stereocenters. The van der Waals surface area contributed by atoms with E-state index in [2.05, 4.69) is 10.3 Å². The van der Waals surface area contributed by atoms with Gasteiger partial charge in [-0.15, -0.1) is 0 Å². The van der Waals surface area contributed by atoms with Crippen molar-refractivity contribution in [2.24, 2.45) is 0 Å². The zero-order chi connectivity index (χ0) is 14.5. The molecule has 20 heavy (non-hydrogen) atoms. The first-order chi connectivity index (χ1) is 9.56. The summed E-state index contributed by atoms with van der Waals surface area (Å²) in [7, 11) is 0. The number of hydrogen-bond acceptors (Lipinski definition) is 4. The third-order valence-corrected chi connectivity index (χ3v) is 3.13. The first-order valence-corrected chi connectivity index (χ1v) is 6.43. The molecule has 0 spiro atoms. The van der Waals surface area contributed by atoms with Gasteiger partial charge in [-0.3, -0.25) is 9.78 Å². The van der Waals surface area contributed by atoms with Crippen LogP contribution in [0.5, 0.6) is 5.75 Å². The van der Waals surface area contributed by atoms with Crippen LogP contribution in [0.15, 0.2) is 47.6 Å². The molecule has 1 aromatic heterocycles. The molecule has 0 saturated heterocycles. The van der Waals surface area contributed by atoms with Crippen molar-refractivity contribution in [3.05, 3.63) is 48.3 Å². The van der Waals surface area contributed by atoms with E-state index in [1.165, 1.54) is 30.6 Å². The predicted molar refractivity (Wildman–Crippen MR) is 72.2 cm³/mol. The highest BCUT2D eigenvalue weighted by molar-refractivity contribution is 7.99. The number of aromatic hydroxyl groups is 1. The lowest BCUT2D eigenvalue weighted by Gasteiger charge is -2.10. The standard InChI is InChI=1S/C13H10F2N2O2S/c14-13(15)20-11-4-2-1-3-10(11)17-12(19)8-5-9(18)7-16-6-8/h1-7,13,18H,(H,17,19). The van der Waals surface area contributed by atoms with Crippen molar-refractivity contribution < 1.29 is 18.7 Å². The summed E-state index contributed by atoms with van der Waals surface area (Å²) in [5.41, 5.74) is 0.424. The monoisotopic (exact) mass is 296 g/mol. The third kappa shape index (κ3) is 3.67. The Kier molecular flexibility index (Phi) is 4.52. The second-order valence-electron chi connectivity index (χ2n) is 3.76. The minimum Gasteiger partial charge on any atom is -0.506 e. The highest BCUT2D eigenvalue weighted by Crippen LogP contribution is 2.31. The number of hydrogen-bond donors (Lipinski definition) is 2. The second-order valence-corrected chi connectivity index (χ2v) is 4.79. The van der Waals surface area contributed by atoms with Crippen LogP contribution < -0.4 is 5.32 Å². The third-order valence-electron chi connectivity index (χ3n) is 2.34. The zero-order valence-electron chi connectivity index (χ0n) is 10.1. The van der Waals surface area contributed by atoms with Gasteiger partial charge in [-0.25, -0.2) is 0 Å². The van der Waals surface area contributed by atoms with Crippen LogP contribution in [0, 0.1) is 0 Å². The van der Waals surface area contributed by atoms with E-state index >= 15 is 0 Å². The average Bonchev–Trinajstić information content (AvgIpc) is 2.40. The second kappa shape index (κ2) is 6.33. The number of carbonyl (C=O) groups excluding carboxylic acids is 1. The van der Waals surface area contributed by atoms with Crippen molar-refractivity contribution in [1.82, 2.24) is 4.98 Å². The van der Waals surface area contributed by atoms with Crippen LogP contribution in [0.4, 0.5) is 14.5 Å². The van der Waals surface area contributed by atoms with Gasteiger partial charge >= 0.3 is 0 Å². The summed E-state index contributed by atoms with van der Waals surface area (Å²) < 4.78 is 24.8. The van der Waals surface area contributed by atoms with E-state index in [9.17, 15) is 18.7 Å². The first-order valence-electron chi connectivity index (χ1n) is 5.55. The van der Waals surface area contributed by atoms with E-state index in [0.717, 1.165) is 0 Å². The summed E-state index contributed by atoms with van der Waals surface area (Å²) in [5.74, 6) is -3.25. The van der Waals surface area contributed by atoms with Crippen LogP contribution in [-0.2, 0) is 0 Å². The molecule has 0 saturated carbocycles. The molecule has 1 heterocycles. The molecule has 1 aromatic carbocycles. The normalized spacial score (nSPS) is 10.6. The molecule has 0 aliphatic carbocycles. The molecule has 0 fully saturated rings. The van der Waals surface area contributed by atoms with Gasteiger partial charge in [0.15, 0.2) is 0 Å². The van der Waals surface area contributed by atoms with Crippen molar-refractivity contribution in [3.8, 4) is 5.75 Å². The molecule has 0 bridgehead atoms. The summed E-state index contributed by atoms with van der Waals surface area (Å²) in [6.45, 7) is 0. The molecule has 0 aliphatic rings. The number of nitrogens with one attached hydrogen (secondary N) is 1. The molecule has 4 nitrogen and oxygen atoms in total. The van der Waals surface area contributed by atoms with Crippen molar-refractivity contribution in [2.75, 3.05) is 5.32 Å². The van der Waals surface area contributed by atoms with Gasteiger partial charge in [0.1, 0.15) is 5.75 Å². The lowest BCUT2D eigenvalue weighted by Crippen LogP contribution is -2.12. The van der Waals surface area contributed by atoms with Crippen LogP contribution in [0.2, 0.25) is 0 Å². The van der Waals surface area contributed by atoms with Gasteiger partial charge in [-0.1, -0.05) is 23.9 Å². The molecule has 104 valence electrons. The van der Waals surface area contributed by atoms with Crippen LogP contribution in [0.3, 0.4) is 0 Å². The molecule has 0 unspecified atom stereocenters. The molecular weight excluding hydrogens is 286 g/mol. The summed E-state index contributed by atoms with van der Waals surface area (Å²) in [6, 6.07) is 7.50. The van der Waals surface area contributed by atoms with Gasteiger partial charge in [0.05, 0.1) is 17.4 Å². The lowest BCUT2D eigenvalue weighted by atomic mass is 10.2. The summed E-state index contributed by atoms with van der Waals surface area (Å²) in [6.07, 6.45) is 2.47. The number of nitrogens with zero attached hydrogens (tertiary/aromatic N) is 1. The predicted octanol–water partition coefficient (Wildman–Crippen LogP) is 3.35. The number of thioether (sulfide) groups is 1. The Bertz CT molecular complexity index is 623. The number of benzene rings is 1. The average molecular weight is 296 g/mol. The van der Waals surface area contributed by atoms with Crippen molar-refractivity contribution >= 4 is 23.4 Å². The molecule has 2 N–H and O–H groups in total. The van der Waals surface area contributed by atoms with Crippen LogP contribution in [0.1, 0.15) is 10.4 Å². The Morgan fingerprint density at radius 2 is 2.05 bits per heavy atom. The number of halogens is 2. The number of alkyl halides is 2. The largest absolute Gasteiger partial charge is 0.506 e. The van der Waals surface area contributed by atoms with E-state index in [1.54, 1.807) is 12.1 Å². The van der Waals surface area contributed by atoms with Crippen LogP contribution in [-0.4, -0.2) is 21.8 Å². The van der Waals surface area contributed by atoms with E-state index in [4.69, 9.17) is 0 Å². The maximum Gasteiger partial charge on any atom is 0.288 e. The number of aromatic nitrogens is 1. The van der Waals surface area contributed by atoms with Crippen molar-refractivity contribution in [1.29, 1.82) is 0 Å². The maximum atomic E-state index is 12.4. The van der Waals surface area contributed by atoms with Gasteiger partial charge in [0, 0.05) is 11.1 Å². The van der Waals surface area contributed by atoms with Crippen LogP contribution in [0.25, 0.3) is 0 Å². The van der Waals surface area contributed by atoms with E-state index in [0.29, 0.717) is 11.8 Å². The van der Waals surface area contributed by atoms with Crippen molar-refractivity contribution in [2.45, 2.75) is 10.7 Å². The van der Waals surface area contributed by atoms with Gasteiger partial charge in [-0.2, -0.15) is 8.78 Å². The fourth-order valence-electron chi connectivity index (χ4n) is 1.52. The minimum absolute atomic E-state index is 0.141. The Morgan fingerprint density at radius 1 is 1.30 bits per heavy atom. The highest BCUT2D eigenvalue weighted by Gasteiger charge is 2.13. The first kappa shape index (κ1) is 14.3. The Hall–Kier alpha value is -2.15. The SMILES string of the molecule is O=C(Nc1ccccc1SC(F)F)c1cncc(O)c1. The van der Waals surface area contributed by atoms with Gasteiger partial charge in [0.2, 0.25) is 0 Å². The topological polar surface area (TPSA) is 62.2 Å². The minimum atomic E-state index is -2.57. The smallest absolute Gasteiger partial charge is 0.288 e. The number of carbonyl (C=O) groups is 1. The fourth-order valence-corrected chi connectivity index (χ4v) is 2.11. The highest BCUT2D eigenvalue weighted by atomic mass is 32.2. The number of amides is 1. The Morgan fingerprint density at radius 3 is 2.75 bits per heavy atom. The molecule has 7 heteroatoms. The zero-order valence-corrected chi connectivity index (χ0v) is 10.9.